The molecule has 1 saturated heterocycles. The number of hydrogen-bond donors (Lipinski definition) is 0. The maximum absolute atomic E-state index is 11.9. The average molecular weight is 432 g/mol. The van der Waals surface area contributed by atoms with Gasteiger partial charge in [-0.25, -0.2) is 9.97 Å². The van der Waals surface area contributed by atoms with Crippen molar-refractivity contribution in [3.63, 3.8) is 0 Å². The van der Waals surface area contributed by atoms with Crippen LogP contribution in [0.3, 0.4) is 0 Å². The molecule has 1 fully saturated rings. The van der Waals surface area contributed by atoms with Gasteiger partial charge in [-0.05, 0) is 54.2 Å². The summed E-state index contributed by atoms with van der Waals surface area (Å²) in [7, 11) is 0. The number of rotatable bonds is 6. The number of halogens is 1. The average Bonchev–Trinajstić information content (AvgIpc) is 3.11. The van der Waals surface area contributed by atoms with Gasteiger partial charge in [0.25, 0.3) is 0 Å². The molecule has 1 aliphatic carbocycles. The second-order valence-electron chi connectivity index (χ2n) is 7.38. The van der Waals surface area contributed by atoms with E-state index in [2.05, 4.69) is 46.5 Å². The SMILES string of the molecule is O=C1CCCc2c1ccn2CCCCN1CCN(c2ncc(Br)cn2)CC1. The minimum Gasteiger partial charge on any atom is -0.351 e. The predicted octanol–water partition coefficient (Wildman–Crippen LogP) is 3.16. The van der Waals surface area contributed by atoms with E-state index >= 15 is 0 Å². The molecule has 2 aromatic heterocycles. The number of carbonyl (C=O) groups is 1. The van der Waals surface area contributed by atoms with Crippen molar-refractivity contribution in [2.45, 2.75) is 38.6 Å². The molecule has 0 N–H and O–H groups in total. The van der Waals surface area contributed by atoms with Crippen molar-refractivity contribution in [3.8, 4) is 0 Å². The van der Waals surface area contributed by atoms with Gasteiger partial charge in [0.1, 0.15) is 0 Å². The van der Waals surface area contributed by atoms with Crippen LogP contribution in [0.4, 0.5) is 5.95 Å². The maximum Gasteiger partial charge on any atom is 0.225 e. The van der Waals surface area contributed by atoms with Gasteiger partial charge in [0, 0.05) is 69.0 Å². The summed E-state index contributed by atoms with van der Waals surface area (Å²) in [6, 6.07) is 2.01. The maximum atomic E-state index is 11.9. The van der Waals surface area contributed by atoms with Crippen LogP contribution in [0.5, 0.6) is 0 Å². The summed E-state index contributed by atoms with van der Waals surface area (Å²) >= 11 is 3.38. The summed E-state index contributed by atoms with van der Waals surface area (Å²) in [5.41, 5.74) is 2.22. The minimum atomic E-state index is 0.322. The Balaban J connectivity index is 1.19. The molecule has 4 rings (SSSR count). The molecule has 27 heavy (non-hydrogen) atoms. The Morgan fingerprint density at radius 3 is 2.52 bits per heavy atom. The number of aromatic nitrogens is 3. The number of carbonyl (C=O) groups excluding carboxylic acids is 1. The number of piperazine rings is 1. The number of anilines is 1. The quantitative estimate of drug-likeness (QED) is 0.657. The number of aryl methyl sites for hydroxylation is 1. The van der Waals surface area contributed by atoms with Crippen LogP contribution >= 0.6 is 15.9 Å². The van der Waals surface area contributed by atoms with Gasteiger partial charge in [-0.3, -0.25) is 9.69 Å². The number of nitrogens with zero attached hydrogens (tertiary/aromatic N) is 5. The van der Waals surface area contributed by atoms with Crippen molar-refractivity contribution in [1.82, 2.24) is 19.4 Å². The highest BCUT2D eigenvalue weighted by molar-refractivity contribution is 9.10. The monoisotopic (exact) mass is 431 g/mol. The highest BCUT2D eigenvalue weighted by Gasteiger charge is 2.21. The third kappa shape index (κ3) is 4.41. The minimum absolute atomic E-state index is 0.322. The first kappa shape index (κ1) is 18.6. The zero-order valence-corrected chi connectivity index (χ0v) is 17.2. The Hall–Kier alpha value is -1.73. The van der Waals surface area contributed by atoms with Gasteiger partial charge in [-0.1, -0.05) is 0 Å². The van der Waals surface area contributed by atoms with Crippen molar-refractivity contribution in [1.29, 1.82) is 0 Å². The molecule has 0 atom stereocenters. The summed E-state index contributed by atoms with van der Waals surface area (Å²) in [4.78, 5) is 25.5. The fourth-order valence-corrected chi connectivity index (χ4v) is 4.26. The first-order valence-electron chi connectivity index (χ1n) is 9.87. The lowest BCUT2D eigenvalue weighted by Crippen LogP contribution is -2.47. The van der Waals surface area contributed by atoms with Crippen molar-refractivity contribution < 1.29 is 4.79 Å². The van der Waals surface area contributed by atoms with E-state index in [0.29, 0.717) is 12.2 Å². The molecule has 0 amide bonds. The van der Waals surface area contributed by atoms with Gasteiger partial charge in [0.05, 0.1) is 4.47 Å². The fourth-order valence-electron chi connectivity index (χ4n) is 4.06. The Labute approximate surface area is 168 Å². The van der Waals surface area contributed by atoms with Gasteiger partial charge < -0.3 is 9.47 Å². The molecular formula is C20H26BrN5O. The standard InChI is InChI=1S/C20H26BrN5O/c21-16-14-22-20(23-15-16)26-12-10-24(11-13-26)7-1-2-8-25-9-6-17-18(25)4-3-5-19(17)27/h6,9,14-15H,1-5,7-8,10-13H2. The van der Waals surface area contributed by atoms with Crippen LogP contribution in [-0.2, 0) is 13.0 Å². The van der Waals surface area contributed by atoms with Gasteiger partial charge >= 0.3 is 0 Å². The van der Waals surface area contributed by atoms with Gasteiger partial charge in [-0.15, -0.1) is 0 Å². The van der Waals surface area contributed by atoms with Crippen LogP contribution in [0.25, 0.3) is 0 Å². The van der Waals surface area contributed by atoms with E-state index in [1.54, 1.807) is 0 Å². The second kappa shape index (κ2) is 8.52. The Morgan fingerprint density at radius 2 is 1.74 bits per heavy atom. The van der Waals surface area contributed by atoms with Crippen LogP contribution in [0.15, 0.2) is 29.1 Å². The molecule has 0 bridgehead atoms. The molecule has 2 aliphatic rings. The largest absolute Gasteiger partial charge is 0.351 e. The molecule has 0 spiro atoms. The van der Waals surface area contributed by atoms with E-state index in [0.717, 1.165) is 74.5 Å². The van der Waals surface area contributed by atoms with Crippen molar-refractivity contribution in [2.75, 3.05) is 37.6 Å². The number of ketones is 1. The molecular weight excluding hydrogens is 406 g/mol. The lowest BCUT2D eigenvalue weighted by Gasteiger charge is -2.34. The third-order valence-corrected chi connectivity index (χ3v) is 5.99. The van der Waals surface area contributed by atoms with E-state index in [9.17, 15) is 4.79 Å². The Morgan fingerprint density at radius 1 is 1.00 bits per heavy atom. The van der Waals surface area contributed by atoms with Crippen LogP contribution in [0.1, 0.15) is 41.7 Å². The summed E-state index contributed by atoms with van der Waals surface area (Å²) in [6.45, 7) is 6.25. The van der Waals surface area contributed by atoms with Crippen LogP contribution in [0, 0.1) is 0 Å². The van der Waals surface area contributed by atoms with E-state index < -0.39 is 0 Å². The lowest BCUT2D eigenvalue weighted by atomic mass is 9.97. The van der Waals surface area contributed by atoms with Gasteiger partial charge in [0.15, 0.2) is 5.78 Å². The Bertz CT molecular complexity index is 780. The highest BCUT2D eigenvalue weighted by Crippen LogP contribution is 2.22. The predicted molar refractivity (Wildman–Crippen MR) is 109 cm³/mol. The molecule has 2 aromatic rings. The van der Waals surface area contributed by atoms with E-state index in [4.69, 9.17) is 0 Å². The van der Waals surface area contributed by atoms with Crippen LogP contribution in [-0.4, -0.2) is 57.9 Å². The Kier molecular flexibility index (Phi) is 5.88. The zero-order chi connectivity index (χ0) is 18.6. The summed E-state index contributed by atoms with van der Waals surface area (Å²) in [6.07, 6.45) is 10.8. The van der Waals surface area contributed by atoms with Crippen LogP contribution in [0.2, 0.25) is 0 Å². The first-order valence-corrected chi connectivity index (χ1v) is 10.7. The fraction of sp³-hybridized carbons (Fsp3) is 0.550. The number of unbranched alkanes of at least 4 members (excludes halogenated alkanes) is 1. The molecule has 0 saturated carbocycles. The smallest absolute Gasteiger partial charge is 0.225 e. The molecule has 0 unspecified atom stereocenters. The van der Waals surface area contributed by atoms with Gasteiger partial charge in [-0.2, -0.15) is 0 Å². The van der Waals surface area contributed by atoms with E-state index in [1.807, 2.05) is 18.5 Å². The van der Waals surface area contributed by atoms with E-state index in [1.165, 1.54) is 12.1 Å². The molecule has 7 heteroatoms. The number of Topliss-reactive ketones (excluding diaryl/α,β-unsaturated/α-hetero) is 1. The molecule has 1 aliphatic heterocycles. The number of fused-ring (bicyclic) bond motifs is 1. The highest BCUT2D eigenvalue weighted by atomic mass is 79.9. The molecule has 0 aromatic carbocycles. The summed E-state index contributed by atoms with van der Waals surface area (Å²) in [5, 5.41) is 0. The second-order valence-corrected chi connectivity index (χ2v) is 8.30. The van der Waals surface area contributed by atoms with Gasteiger partial charge in [0.2, 0.25) is 5.95 Å². The molecule has 144 valence electrons. The van der Waals surface area contributed by atoms with Crippen molar-refractivity contribution in [2.24, 2.45) is 0 Å². The summed E-state index contributed by atoms with van der Waals surface area (Å²) < 4.78 is 3.22. The first-order chi connectivity index (χ1) is 13.2. The number of hydrogen-bond acceptors (Lipinski definition) is 5. The van der Waals surface area contributed by atoms with Crippen molar-refractivity contribution in [3.05, 3.63) is 40.4 Å². The molecule has 3 heterocycles. The normalized spacial score (nSPS) is 18.0. The topological polar surface area (TPSA) is 54.3 Å². The van der Waals surface area contributed by atoms with E-state index in [-0.39, 0.29) is 0 Å². The molecule has 0 radical (unpaired) electrons. The van der Waals surface area contributed by atoms with Crippen LogP contribution < -0.4 is 4.90 Å². The summed E-state index contributed by atoms with van der Waals surface area (Å²) in [5.74, 6) is 1.15. The van der Waals surface area contributed by atoms with Crippen molar-refractivity contribution >= 4 is 27.7 Å². The third-order valence-electron chi connectivity index (χ3n) is 5.58. The zero-order valence-electron chi connectivity index (χ0n) is 15.6. The molecule has 6 nitrogen and oxygen atoms in total. The lowest BCUT2D eigenvalue weighted by molar-refractivity contribution is 0.0971.